The van der Waals surface area contributed by atoms with Gasteiger partial charge in [-0.25, -0.2) is 18.0 Å². The molecule has 2 aromatic heterocycles. The number of hydrogen-bond acceptors (Lipinski definition) is 6. The van der Waals surface area contributed by atoms with Crippen molar-refractivity contribution in [3.8, 4) is 0 Å². The van der Waals surface area contributed by atoms with Crippen LogP contribution in [-0.2, 0) is 9.84 Å². The van der Waals surface area contributed by atoms with Gasteiger partial charge in [-0.2, -0.15) is 0 Å². The fourth-order valence-corrected chi connectivity index (χ4v) is 5.00. The Labute approximate surface area is 179 Å². The molecule has 2 aromatic carbocycles. The molecular weight excluding hydrogens is 598 g/mol. The van der Waals surface area contributed by atoms with Crippen LogP contribution in [-0.4, -0.2) is 8.42 Å². The topological polar surface area (TPSA) is 94.6 Å². The van der Waals surface area contributed by atoms with Gasteiger partial charge in [0.1, 0.15) is 11.2 Å². The largest absolute Gasteiger partial charge is 0.422 e. The molecule has 0 saturated heterocycles. The van der Waals surface area contributed by atoms with Crippen LogP contribution in [0, 0.1) is 7.14 Å². The fraction of sp³-hybridized carbons (Fsp3) is 0. The van der Waals surface area contributed by atoms with E-state index < -0.39 is 30.9 Å². The Kier molecular flexibility index (Phi) is 4.63. The Morgan fingerprint density at radius 2 is 1.07 bits per heavy atom. The summed E-state index contributed by atoms with van der Waals surface area (Å²) in [6.07, 6.45) is 0. The monoisotopic (exact) mass is 606 g/mol. The van der Waals surface area contributed by atoms with E-state index >= 15 is 0 Å². The zero-order chi connectivity index (χ0) is 19.3. The van der Waals surface area contributed by atoms with Gasteiger partial charge in [-0.15, -0.1) is 0 Å². The van der Waals surface area contributed by atoms with E-state index in [4.69, 9.17) is 8.83 Å². The van der Waals surface area contributed by atoms with Crippen LogP contribution < -0.4 is 11.3 Å². The smallest absolute Gasteiger partial charge is 0.355 e. The molecule has 0 N–H and O–H groups in total. The molecule has 2 heterocycles. The molecule has 0 aliphatic rings. The third-order valence-electron chi connectivity index (χ3n) is 3.90. The Hall–Kier alpha value is -1.73. The molecule has 4 rings (SSSR count). The van der Waals surface area contributed by atoms with Gasteiger partial charge in [0.05, 0.1) is 0 Å². The molecule has 0 fully saturated rings. The summed E-state index contributed by atoms with van der Waals surface area (Å²) < 4.78 is 38.0. The molecule has 27 heavy (non-hydrogen) atoms. The minimum Gasteiger partial charge on any atom is -0.422 e. The lowest BCUT2D eigenvalue weighted by atomic mass is 10.2. The number of benzene rings is 2. The molecule has 0 spiro atoms. The van der Waals surface area contributed by atoms with Crippen LogP contribution in [0.25, 0.3) is 21.9 Å². The maximum Gasteiger partial charge on any atom is 0.355 e. The minimum absolute atomic E-state index is 0.263. The zero-order valence-corrected chi connectivity index (χ0v) is 18.4. The molecule has 136 valence electrons. The molecule has 9 heteroatoms. The van der Waals surface area contributed by atoms with Gasteiger partial charge >= 0.3 is 11.3 Å². The number of hydrogen-bond donors (Lipinski definition) is 0. The first-order valence-electron chi connectivity index (χ1n) is 7.48. The van der Waals surface area contributed by atoms with Gasteiger partial charge in [-0.3, -0.25) is 0 Å². The van der Waals surface area contributed by atoms with Gasteiger partial charge in [0.25, 0.3) is 0 Å². The highest BCUT2D eigenvalue weighted by Gasteiger charge is 2.27. The van der Waals surface area contributed by atoms with Crippen molar-refractivity contribution in [1.82, 2.24) is 0 Å². The first kappa shape index (κ1) is 18.6. The lowest BCUT2D eigenvalue weighted by Crippen LogP contribution is -2.20. The van der Waals surface area contributed by atoms with Crippen molar-refractivity contribution in [3.63, 3.8) is 0 Å². The second-order valence-electron chi connectivity index (χ2n) is 5.66. The zero-order valence-electron chi connectivity index (χ0n) is 13.2. The summed E-state index contributed by atoms with van der Waals surface area (Å²) in [4.78, 5) is 23.4. The van der Waals surface area contributed by atoms with Crippen molar-refractivity contribution in [3.05, 3.63) is 76.5 Å². The van der Waals surface area contributed by atoms with E-state index in [1.807, 2.05) is 0 Å². The van der Waals surface area contributed by atoms with Crippen LogP contribution in [0.1, 0.15) is 0 Å². The molecule has 0 amide bonds. The Bertz CT molecular complexity index is 1350. The molecule has 0 radical (unpaired) electrons. The molecule has 0 bridgehead atoms. The predicted molar refractivity (Wildman–Crippen MR) is 116 cm³/mol. The van der Waals surface area contributed by atoms with Gasteiger partial charge in [-0.1, -0.05) is 0 Å². The van der Waals surface area contributed by atoms with Crippen molar-refractivity contribution in [1.29, 1.82) is 0 Å². The number of halogens is 2. The van der Waals surface area contributed by atoms with Crippen LogP contribution in [0.4, 0.5) is 0 Å². The van der Waals surface area contributed by atoms with Crippen LogP contribution in [0.15, 0.2) is 76.7 Å². The predicted octanol–water partition coefficient (Wildman–Crippen LogP) is 3.94. The summed E-state index contributed by atoms with van der Waals surface area (Å²) in [5, 5.41) is 0.889. The second-order valence-corrected chi connectivity index (χ2v) is 10.0. The Morgan fingerprint density at radius 3 is 1.48 bits per heavy atom. The van der Waals surface area contributed by atoms with Crippen molar-refractivity contribution in [2.75, 3.05) is 0 Å². The summed E-state index contributed by atoms with van der Waals surface area (Å²) in [5.41, 5.74) is -1.55. The average Bonchev–Trinajstić information content (AvgIpc) is 2.61. The summed E-state index contributed by atoms with van der Waals surface area (Å²) in [6.45, 7) is 0. The van der Waals surface area contributed by atoms with E-state index in [2.05, 4.69) is 45.2 Å². The molecule has 0 saturated carbocycles. The molecule has 0 aliphatic carbocycles. The second kappa shape index (κ2) is 6.71. The Morgan fingerprint density at radius 1 is 0.667 bits per heavy atom. The molecular formula is C18H8I2O6S. The van der Waals surface area contributed by atoms with Crippen LogP contribution >= 0.6 is 45.2 Å². The van der Waals surface area contributed by atoms with Gasteiger partial charge in [0.15, 0.2) is 9.79 Å². The number of sulfone groups is 1. The maximum atomic E-state index is 13.0. The summed E-state index contributed by atoms with van der Waals surface area (Å²) in [5.74, 6) is 0. The molecule has 0 unspecified atom stereocenters. The van der Waals surface area contributed by atoms with Crippen molar-refractivity contribution in [2.45, 2.75) is 9.79 Å². The van der Waals surface area contributed by atoms with E-state index in [1.165, 1.54) is 12.1 Å². The van der Waals surface area contributed by atoms with Crippen LogP contribution in [0.3, 0.4) is 0 Å². The van der Waals surface area contributed by atoms with Gasteiger partial charge in [0.2, 0.25) is 9.84 Å². The third-order valence-corrected chi connectivity index (χ3v) is 6.97. The van der Waals surface area contributed by atoms with Gasteiger partial charge < -0.3 is 8.83 Å². The highest BCUT2D eigenvalue weighted by Crippen LogP contribution is 2.24. The Balaban J connectivity index is 2.01. The summed E-state index contributed by atoms with van der Waals surface area (Å²) in [7, 11) is -4.43. The molecule has 4 aromatic rings. The SMILES string of the molecule is O=c1oc2ccc(I)cc2cc1S(=O)(=O)c1cc2cc(I)ccc2oc1=O. The summed E-state index contributed by atoms with van der Waals surface area (Å²) >= 11 is 4.13. The highest BCUT2D eigenvalue weighted by molar-refractivity contribution is 14.1. The molecule has 0 aliphatic heterocycles. The first-order valence-corrected chi connectivity index (χ1v) is 11.1. The quantitative estimate of drug-likeness (QED) is 0.254. The molecule has 6 nitrogen and oxygen atoms in total. The van der Waals surface area contributed by atoms with Crippen LogP contribution in [0.5, 0.6) is 0 Å². The van der Waals surface area contributed by atoms with Crippen molar-refractivity contribution >= 4 is 77.0 Å². The fourth-order valence-electron chi connectivity index (χ4n) is 2.64. The van der Waals surface area contributed by atoms with Crippen molar-refractivity contribution in [2.24, 2.45) is 0 Å². The summed E-state index contributed by atoms with van der Waals surface area (Å²) in [6, 6.07) is 12.4. The minimum atomic E-state index is -4.43. The highest BCUT2D eigenvalue weighted by atomic mass is 127. The van der Waals surface area contributed by atoms with Gasteiger partial charge in [0, 0.05) is 17.9 Å². The molecule has 0 atom stereocenters. The van der Waals surface area contributed by atoms with Gasteiger partial charge in [-0.05, 0) is 93.7 Å². The third kappa shape index (κ3) is 3.31. The van der Waals surface area contributed by atoms with E-state index in [9.17, 15) is 18.0 Å². The van der Waals surface area contributed by atoms with Crippen LogP contribution in [0.2, 0.25) is 0 Å². The first-order chi connectivity index (χ1) is 12.8. The number of fused-ring (bicyclic) bond motifs is 2. The lowest BCUT2D eigenvalue weighted by molar-refractivity contribution is 0.521. The lowest BCUT2D eigenvalue weighted by Gasteiger charge is -2.05. The average molecular weight is 606 g/mol. The van der Waals surface area contributed by atoms with E-state index in [1.54, 1.807) is 36.4 Å². The maximum absolute atomic E-state index is 13.0. The van der Waals surface area contributed by atoms with Crippen molar-refractivity contribution < 1.29 is 17.3 Å². The normalized spacial score (nSPS) is 11.9. The van der Waals surface area contributed by atoms with E-state index in [0.29, 0.717) is 10.8 Å². The number of rotatable bonds is 2. The van der Waals surface area contributed by atoms with E-state index in [0.717, 1.165) is 7.14 Å². The standard InChI is InChI=1S/C18H8I2O6S/c19-11-1-3-13-9(5-11)7-15(17(21)25-13)27(23,24)16-8-10-6-12(20)2-4-14(10)26-18(16)22/h1-8H. The van der Waals surface area contributed by atoms with E-state index in [-0.39, 0.29) is 11.2 Å².